The Kier molecular flexibility index (Phi) is 4.64. The second-order valence-electron chi connectivity index (χ2n) is 5.86. The van der Waals surface area contributed by atoms with Crippen LogP contribution in [0.4, 0.5) is 0 Å². The first kappa shape index (κ1) is 15.4. The van der Waals surface area contributed by atoms with Crippen LogP contribution in [0.2, 0.25) is 0 Å². The van der Waals surface area contributed by atoms with Crippen molar-refractivity contribution in [1.29, 1.82) is 0 Å². The summed E-state index contributed by atoms with van der Waals surface area (Å²) in [6.45, 7) is 4.17. The van der Waals surface area contributed by atoms with Crippen molar-refractivity contribution < 1.29 is 4.74 Å². The van der Waals surface area contributed by atoms with Gasteiger partial charge in [-0.05, 0) is 0 Å². The number of aromatic nitrogens is 4. The maximum absolute atomic E-state index is 5.85. The van der Waals surface area contributed by atoms with Gasteiger partial charge in [0.2, 0.25) is 0 Å². The van der Waals surface area contributed by atoms with Gasteiger partial charge in [0.05, 0.1) is 24.9 Å². The molecule has 1 aliphatic heterocycles. The van der Waals surface area contributed by atoms with Gasteiger partial charge in [-0.2, -0.15) is 5.10 Å². The Morgan fingerprint density at radius 1 is 1.25 bits per heavy atom. The minimum atomic E-state index is 0.146. The number of morpholine rings is 1. The highest BCUT2D eigenvalue weighted by atomic mass is 32.1. The number of hydrogen-bond acceptors (Lipinski definition) is 6. The van der Waals surface area contributed by atoms with Crippen LogP contribution in [-0.2, 0) is 17.8 Å². The van der Waals surface area contributed by atoms with Crippen LogP contribution in [0, 0.1) is 0 Å². The molecule has 0 aliphatic carbocycles. The van der Waals surface area contributed by atoms with Crippen LogP contribution in [-0.4, -0.2) is 50.4 Å². The molecule has 0 spiro atoms. The van der Waals surface area contributed by atoms with Crippen LogP contribution in [0.3, 0.4) is 0 Å². The number of benzene rings is 1. The van der Waals surface area contributed by atoms with E-state index >= 15 is 0 Å². The standard InChI is InChI=1S/C17H19N5OS/c1-2-4-14(5-3-1)17-20-15(11-24-17)8-21-6-7-23-16(9-21)10-22-13-18-12-19-22/h1-5,11-13,16H,6-10H2/t16-/m1/s1. The molecule has 4 rings (SSSR count). The summed E-state index contributed by atoms with van der Waals surface area (Å²) in [6, 6.07) is 10.3. The lowest BCUT2D eigenvalue weighted by Gasteiger charge is -2.32. The molecule has 3 heterocycles. The third-order valence-electron chi connectivity index (χ3n) is 4.04. The van der Waals surface area contributed by atoms with E-state index in [1.165, 1.54) is 5.56 Å². The summed E-state index contributed by atoms with van der Waals surface area (Å²) in [6.07, 6.45) is 3.43. The third-order valence-corrected chi connectivity index (χ3v) is 4.98. The van der Waals surface area contributed by atoms with Crippen LogP contribution in [0.25, 0.3) is 10.6 Å². The molecule has 0 saturated carbocycles. The van der Waals surface area contributed by atoms with E-state index in [-0.39, 0.29) is 6.10 Å². The van der Waals surface area contributed by atoms with Crippen LogP contribution < -0.4 is 0 Å². The smallest absolute Gasteiger partial charge is 0.137 e. The van der Waals surface area contributed by atoms with Gasteiger partial charge in [-0.15, -0.1) is 11.3 Å². The molecule has 6 nitrogen and oxygen atoms in total. The lowest BCUT2D eigenvalue weighted by atomic mass is 10.2. The molecular formula is C17H19N5OS. The van der Waals surface area contributed by atoms with E-state index in [9.17, 15) is 0 Å². The monoisotopic (exact) mass is 341 g/mol. The number of hydrogen-bond donors (Lipinski definition) is 0. The highest BCUT2D eigenvalue weighted by Gasteiger charge is 2.22. The zero-order valence-corrected chi connectivity index (χ0v) is 14.1. The molecule has 0 amide bonds. The molecule has 124 valence electrons. The summed E-state index contributed by atoms with van der Waals surface area (Å²) in [5, 5.41) is 7.39. The van der Waals surface area contributed by atoms with Gasteiger partial charge in [-0.3, -0.25) is 9.58 Å². The van der Waals surface area contributed by atoms with Gasteiger partial charge in [0.15, 0.2) is 0 Å². The Hall–Kier alpha value is -2.09. The Bertz CT molecular complexity index is 758. The SMILES string of the molecule is c1ccc(-c2nc(CN3CCO[C@@H](Cn4cncn4)C3)cs2)cc1. The number of rotatable bonds is 5. The first-order valence-corrected chi connectivity index (χ1v) is 8.91. The minimum absolute atomic E-state index is 0.146. The molecule has 0 radical (unpaired) electrons. The van der Waals surface area contributed by atoms with Crippen molar-refractivity contribution in [3.05, 3.63) is 54.1 Å². The van der Waals surface area contributed by atoms with Gasteiger partial charge < -0.3 is 4.74 Å². The van der Waals surface area contributed by atoms with Crippen molar-refractivity contribution in [3.63, 3.8) is 0 Å². The molecule has 1 atom stereocenters. The fraction of sp³-hybridized carbons (Fsp3) is 0.353. The van der Waals surface area contributed by atoms with Crippen molar-refractivity contribution in [2.45, 2.75) is 19.2 Å². The predicted molar refractivity (Wildman–Crippen MR) is 92.6 cm³/mol. The second kappa shape index (κ2) is 7.21. The van der Waals surface area contributed by atoms with E-state index in [1.54, 1.807) is 24.0 Å². The molecule has 7 heteroatoms. The summed E-state index contributed by atoms with van der Waals surface area (Å²) in [7, 11) is 0. The van der Waals surface area contributed by atoms with Crippen LogP contribution in [0.5, 0.6) is 0 Å². The van der Waals surface area contributed by atoms with Gasteiger partial charge in [0, 0.05) is 30.6 Å². The van der Waals surface area contributed by atoms with Gasteiger partial charge >= 0.3 is 0 Å². The quantitative estimate of drug-likeness (QED) is 0.713. The second-order valence-corrected chi connectivity index (χ2v) is 6.71. The summed E-state index contributed by atoms with van der Waals surface area (Å²) in [4.78, 5) is 11.2. The van der Waals surface area contributed by atoms with Crippen molar-refractivity contribution >= 4 is 11.3 Å². The molecule has 2 aromatic heterocycles. The summed E-state index contributed by atoms with van der Waals surface area (Å²) >= 11 is 1.70. The number of thiazole rings is 1. The normalized spacial score (nSPS) is 18.8. The Morgan fingerprint density at radius 2 is 2.17 bits per heavy atom. The first-order valence-electron chi connectivity index (χ1n) is 8.03. The molecular weight excluding hydrogens is 322 g/mol. The van der Waals surface area contributed by atoms with E-state index in [4.69, 9.17) is 9.72 Å². The average Bonchev–Trinajstić information content (AvgIpc) is 3.28. The van der Waals surface area contributed by atoms with Gasteiger partial charge in [-0.25, -0.2) is 9.97 Å². The minimum Gasteiger partial charge on any atom is -0.374 e. The maximum Gasteiger partial charge on any atom is 0.137 e. The zero-order valence-electron chi connectivity index (χ0n) is 13.3. The van der Waals surface area contributed by atoms with Crippen LogP contribution >= 0.6 is 11.3 Å². The molecule has 1 fully saturated rings. The highest BCUT2D eigenvalue weighted by Crippen LogP contribution is 2.24. The van der Waals surface area contributed by atoms with Gasteiger partial charge in [0.1, 0.15) is 17.7 Å². The lowest BCUT2D eigenvalue weighted by Crippen LogP contribution is -2.43. The fourth-order valence-corrected chi connectivity index (χ4v) is 3.71. The Morgan fingerprint density at radius 3 is 3.00 bits per heavy atom. The number of ether oxygens (including phenoxy) is 1. The Balaban J connectivity index is 1.37. The third kappa shape index (κ3) is 3.69. The van der Waals surface area contributed by atoms with Crippen molar-refractivity contribution in [3.8, 4) is 10.6 Å². The van der Waals surface area contributed by atoms with E-state index in [2.05, 4.69) is 32.5 Å². The molecule has 3 aromatic rings. The van der Waals surface area contributed by atoms with Crippen molar-refractivity contribution in [2.75, 3.05) is 19.7 Å². The Labute approximate surface area is 144 Å². The molecule has 24 heavy (non-hydrogen) atoms. The summed E-state index contributed by atoms with van der Waals surface area (Å²) in [5.74, 6) is 0. The molecule has 0 bridgehead atoms. The van der Waals surface area contributed by atoms with E-state index in [0.29, 0.717) is 0 Å². The van der Waals surface area contributed by atoms with Crippen molar-refractivity contribution in [1.82, 2.24) is 24.6 Å². The molecule has 1 aliphatic rings. The van der Waals surface area contributed by atoms with E-state index in [0.717, 1.165) is 43.5 Å². The molecule has 0 unspecified atom stereocenters. The van der Waals surface area contributed by atoms with Gasteiger partial charge in [0.25, 0.3) is 0 Å². The molecule has 1 aromatic carbocycles. The van der Waals surface area contributed by atoms with Crippen molar-refractivity contribution in [2.24, 2.45) is 0 Å². The fourth-order valence-electron chi connectivity index (χ4n) is 2.89. The molecule has 1 saturated heterocycles. The molecule has 0 N–H and O–H groups in total. The summed E-state index contributed by atoms with van der Waals surface area (Å²) < 4.78 is 7.67. The van der Waals surface area contributed by atoms with E-state index in [1.807, 2.05) is 22.9 Å². The summed E-state index contributed by atoms with van der Waals surface area (Å²) in [5.41, 5.74) is 2.31. The zero-order chi connectivity index (χ0) is 16.2. The first-order chi connectivity index (χ1) is 11.9. The largest absolute Gasteiger partial charge is 0.374 e. The van der Waals surface area contributed by atoms with E-state index < -0.39 is 0 Å². The lowest BCUT2D eigenvalue weighted by molar-refractivity contribution is -0.0405. The number of nitrogens with zero attached hydrogens (tertiary/aromatic N) is 5. The average molecular weight is 341 g/mol. The maximum atomic E-state index is 5.85. The van der Waals surface area contributed by atoms with Gasteiger partial charge in [-0.1, -0.05) is 30.3 Å². The predicted octanol–water partition coefficient (Wildman–Crippen LogP) is 2.30. The highest BCUT2D eigenvalue weighted by molar-refractivity contribution is 7.13. The van der Waals surface area contributed by atoms with Crippen LogP contribution in [0.1, 0.15) is 5.69 Å². The van der Waals surface area contributed by atoms with Crippen LogP contribution in [0.15, 0.2) is 48.4 Å². The topological polar surface area (TPSA) is 56.1 Å².